The lowest BCUT2D eigenvalue weighted by Gasteiger charge is -2.32. The van der Waals surface area contributed by atoms with Crippen molar-refractivity contribution >= 4 is 11.8 Å². The Hall–Kier alpha value is -0.200. The second-order valence-corrected chi connectivity index (χ2v) is 8.27. The SMILES string of the molecule is CC1CCCC(SCC(C#N)(NC2CC2)C2CC2)C1. The molecule has 106 valence electrons. The summed E-state index contributed by atoms with van der Waals surface area (Å²) >= 11 is 2.09. The first-order chi connectivity index (χ1) is 9.22. The Bertz CT molecular complexity index is 356. The van der Waals surface area contributed by atoms with Crippen molar-refractivity contribution in [3.63, 3.8) is 0 Å². The number of thioether (sulfide) groups is 1. The topological polar surface area (TPSA) is 35.8 Å². The standard InChI is InChI=1S/C16H26N2S/c1-12-3-2-4-15(9-12)19-11-16(10-17,13-5-6-13)18-14-7-8-14/h12-15,18H,2-9,11H2,1H3. The van der Waals surface area contributed by atoms with Crippen LogP contribution >= 0.6 is 11.8 Å². The minimum atomic E-state index is -0.202. The van der Waals surface area contributed by atoms with Crippen LogP contribution in [0.25, 0.3) is 0 Å². The zero-order valence-electron chi connectivity index (χ0n) is 12.0. The molecule has 19 heavy (non-hydrogen) atoms. The van der Waals surface area contributed by atoms with Gasteiger partial charge in [-0.2, -0.15) is 17.0 Å². The molecular formula is C16H26N2S. The van der Waals surface area contributed by atoms with Crippen LogP contribution in [0.5, 0.6) is 0 Å². The Morgan fingerprint density at radius 3 is 2.58 bits per heavy atom. The van der Waals surface area contributed by atoms with Crippen LogP contribution in [-0.4, -0.2) is 22.6 Å². The summed E-state index contributed by atoms with van der Waals surface area (Å²) < 4.78 is 0. The van der Waals surface area contributed by atoms with Gasteiger partial charge < -0.3 is 0 Å². The molecule has 0 aliphatic heterocycles. The molecule has 0 radical (unpaired) electrons. The molecule has 1 N–H and O–H groups in total. The first-order valence-electron chi connectivity index (χ1n) is 8.02. The van der Waals surface area contributed by atoms with Gasteiger partial charge in [-0.05, 0) is 50.4 Å². The van der Waals surface area contributed by atoms with Crippen molar-refractivity contribution in [2.24, 2.45) is 11.8 Å². The molecule has 3 aliphatic rings. The van der Waals surface area contributed by atoms with Gasteiger partial charge in [0.15, 0.2) is 0 Å². The number of nitriles is 1. The van der Waals surface area contributed by atoms with E-state index in [1.54, 1.807) is 0 Å². The largest absolute Gasteiger partial charge is 0.296 e. The molecule has 3 unspecified atom stereocenters. The Labute approximate surface area is 121 Å². The van der Waals surface area contributed by atoms with Crippen LogP contribution < -0.4 is 5.32 Å². The summed E-state index contributed by atoms with van der Waals surface area (Å²) in [6, 6.07) is 3.31. The van der Waals surface area contributed by atoms with E-state index in [9.17, 15) is 5.26 Å². The summed E-state index contributed by atoms with van der Waals surface area (Å²) in [6.07, 6.45) is 10.6. The van der Waals surface area contributed by atoms with Crippen LogP contribution in [0.4, 0.5) is 0 Å². The lowest BCUT2D eigenvalue weighted by Crippen LogP contribution is -2.50. The highest BCUT2D eigenvalue weighted by molar-refractivity contribution is 8.00. The fourth-order valence-electron chi connectivity index (χ4n) is 3.38. The van der Waals surface area contributed by atoms with E-state index >= 15 is 0 Å². The summed E-state index contributed by atoms with van der Waals surface area (Å²) in [4.78, 5) is 0. The third kappa shape index (κ3) is 3.47. The minimum Gasteiger partial charge on any atom is -0.296 e. The van der Waals surface area contributed by atoms with Gasteiger partial charge in [0.2, 0.25) is 0 Å². The molecule has 2 nitrogen and oxygen atoms in total. The Balaban J connectivity index is 1.56. The van der Waals surface area contributed by atoms with Gasteiger partial charge in [0, 0.05) is 17.0 Å². The van der Waals surface area contributed by atoms with Gasteiger partial charge in [0.25, 0.3) is 0 Å². The van der Waals surface area contributed by atoms with E-state index in [0.717, 1.165) is 16.9 Å². The molecule has 0 aromatic rings. The summed E-state index contributed by atoms with van der Waals surface area (Å²) in [7, 11) is 0. The molecule has 0 saturated heterocycles. The molecule has 0 aromatic heterocycles. The molecule has 0 bridgehead atoms. The highest BCUT2D eigenvalue weighted by Crippen LogP contribution is 2.44. The van der Waals surface area contributed by atoms with Crippen molar-refractivity contribution in [2.45, 2.75) is 75.1 Å². The summed E-state index contributed by atoms with van der Waals surface area (Å²) in [5, 5.41) is 14.2. The lowest BCUT2D eigenvalue weighted by molar-refractivity contribution is 0.385. The molecule has 0 spiro atoms. The van der Waals surface area contributed by atoms with E-state index in [-0.39, 0.29) is 5.54 Å². The molecule has 3 atom stereocenters. The van der Waals surface area contributed by atoms with Crippen LogP contribution in [0.1, 0.15) is 58.3 Å². The molecular weight excluding hydrogens is 252 g/mol. The van der Waals surface area contributed by atoms with Crippen molar-refractivity contribution in [1.82, 2.24) is 5.32 Å². The zero-order chi connectivity index (χ0) is 13.3. The molecule has 0 amide bonds. The van der Waals surface area contributed by atoms with E-state index in [1.807, 2.05) is 0 Å². The van der Waals surface area contributed by atoms with Gasteiger partial charge in [-0.15, -0.1) is 0 Å². The summed E-state index contributed by atoms with van der Waals surface area (Å²) in [6.45, 7) is 2.38. The maximum absolute atomic E-state index is 9.72. The Morgan fingerprint density at radius 1 is 1.21 bits per heavy atom. The van der Waals surface area contributed by atoms with Crippen LogP contribution in [0, 0.1) is 23.2 Å². The predicted molar refractivity (Wildman–Crippen MR) is 81.1 cm³/mol. The maximum Gasteiger partial charge on any atom is 0.118 e. The fraction of sp³-hybridized carbons (Fsp3) is 0.938. The van der Waals surface area contributed by atoms with Crippen molar-refractivity contribution in [1.29, 1.82) is 5.26 Å². The van der Waals surface area contributed by atoms with Crippen LogP contribution in [-0.2, 0) is 0 Å². The third-order valence-corrected chi connectivity index (χ3v) is 6.47. The van der Waals surface area contributed by atoms with Gasteiger partial charge in [-0.1, -0.05) is 19.8 Å². The molecule has 3 aliphatic carbocycles. The van der Waals surface area contributed by atoms with Crippen molar-refractivity contribution in [2.75, 3.05) is 5.75 Å². The molecule has 3 fully saturated rings. The average molecular weight is 278 g/mol. The van der Waals surface area contributed by atoms with Gasteiger partial charge in [-0.25, -0.2) is 0 Å². The highest BCUT2D eigenvalue weighted by atomic mass is 32.2. The minimum absolute atomic E-state index is 0.202. The lowest BCUT2D eigenvalue weighted by atomic mass is 9.90. The van der Waals surface area contributed by atoms with Crippen LogP contribution in [0.15, 0.2) is 0 Å². The van der Waals surface area contributed by atoms with E-state index in [1.165, 1.54) is 51.4 Å². The number of hydrogen-bond acceptors (Lipinski definition) is 3. The van der Waals surface area contributed by atoms with E-state index < -0.39 is 0 Å². The van der Waals surface area contributed by atoms with E-state index in [4.69, 9.17) is 0 Å². The maximum atomic E-state index is 9.72. The molecule has 3 heteroatoms. The predicted octanol–water partition coefficient (Wildman–Crippen LogP) is 3.72. The second-order valence-electron chi connectivity index (χ2n) is 6.98. The van der Waals surface area contributed by atoms with Crippen molar-refractivity contribution in [3.8, 4) is 6.07 Å². The summed E-state index contributed by atoms with van der Waals surface area (Å²) in [5.74, 6) is 2.54. The van der Waals surface area contributed by atoms with Crippen LogP contribution in [0.3, 0.4) is 0 Å². The number of nitrogens with zero attached hydrogens (tertiary/aromatic N) is 1. The van der Waals surface area contributed by atoms with Crippen molar-refractivity contribution in [3.05, 3.63) is 0 Å². The Kier molecular flexibility index (Phi) is 4.10. The highest BCUT2D eigenvalue weighted by Gasteiger charge is 2.48. The molecule has 0 heterocycles. The normalized spacial score (nSPS) is 34.5. The zero-order valence-corrected chi connectivity index (χ0v) is 12.8. The first-order valence-corrected chi connectivity index (χ1v) is 9.07. The fourth-order valence-corrected chi connectivity index (χ4v) is 5.06. The Morgan fingerprint density at radius 2 is 2.00 bits per heavy atom. The molecule has 3 saturated carbocycles. The van der Waals surface area contributed by atoms with E-state index in [0.29, 0.717) is 12.0 Å². The third-order valence-electron chi connectivity index (χ3n) is 4.95. The molecule has 0 aromatic carbocycles. The van der Waals surface area contributed by atoms with Gasteiger partial charge in [-0.3, -0.25) is 5.32 Å². The number of hydrogen-bond donors (Lipinski definition) is 1. The first kappa shape index (κ1) is 13.8. The average Bonchev–Trinajstić information content (AvgIpc) is 3.27. The van der Waals surface area contributed by atoms with Crippen LogP contribution in [0.2, 0.25) is 0 Å². The quantitative estimate of drug-likeness (QED) is 0.804. The van der Waals surface area contributed by atoms with Crippen molar-refractivity contribution < 1.29 is 0 Å². The smallest absolute Gasteiger partial charge is 0.118 e. The van der Waals surface area contributed by atoms with Gasteiger partial charge in [0.05, 0.1) is 6.07 Å². The van der Waals surface area contributed by atoms with E-state index in [2.05, 4.69) is 30.1 Å². The van der Waals surface area contributed by atoms with Gasteiger partial charge in [0.1, 0.15) is 5.54 Å². The summed E-state index contributed by atoms with van der Waals surface area (Å²) in [5.41, 5.74) is -0.202. The monoisotopic (exact) mass is 278 g/mol. The second kappa shape index (κ2) is 5.66. The number of rotatable bonds is 6. The van der Waals surface area contributed by atoms with Gasteiger partial charge >= 0.3 is 0 Å². The molecule has 3 rings (SSSR count). The number of nitrogens with one attached hydrogen (secondary N) is 1.